The normalized spacial score (nSPS) is 17.0. The van der Waals surface area contributed by atoms with Crippen LogP contribution in [0.25, 0.3) is 5.78 Å². The summed E-state index contributed by atoms with van der Waals surface area (Å²) >= 11 is 0. The first-order valence-corrected chi connectivity index (χ1v) is 7.89. The van der Waals surface area contributed by atoms with Crippen molar-refractivity contribution in [2.24, 2.45) is 0 Å². The fourth-order valence-electron chi connectivity index (χ4n) is 2.93. The number of hydrogen-bond donors (Lipinski definition) is 1. The summed E-state index contributed by atoms with van der Waals surface area (Å²) in [4.78, 5) is 11.2. The molecule has 2 aromatic heterocycles. The predicted octanol–water partition coefficient (Wildman–Crippen LogP) is 2.03. The minimum Gasteiger partial charge on any atom is -0.368 e. The number of aryl methyl sites for hydroxylation is 1. The third kappa shape index (κ3) is 3.15. The number of nitrogens with one attached hydrogen (secondary N) is 1. The van der Waals surface area contributed by atoms with Crippen LogP contribution in [-0.2, 0) is 0 Å². The number of aromatic nitrogens is 4. The smallest absolute Gasteiger partial charge is 0.254 e. The van der Waals surface area contributed by atoms with Crippen molar-refractivity contribution in [2.45, 2.75) is 39.5 Å². The molecule has 1 saturated heterocycles. The summed E-state index contributed by atoms with van der Waals surface area (Å²) < 4.78 is 1.80. The summed E-state index contributed by atoms with van der Waals surface area (Å²) in [5, 5.41) is 7.80. The van der Waals surface area contributed by atoms with E-state index in [0.717, 1.165) is 30.2 Å². The highest BCUT2D eigenvalue weighted by Crippen LogP contribution is 2.17. The van der Waals surface area contributed by atoms with Gasteiger partial charge in [-0.15, -0.1) is 0 Å². The van der Waals surface area contributed by atoms with E-state index in [-0.39, 0.29) is 0 Å². The Labute approximate surface area is 125 Å². The molecule has 2 aromatic rings. The molecule has 6 nitrogen and oxygen atoms in total. The molecule has 1 aliphatic rings. The van der Waals surface area contributed by atoms with Crippen LogP contribution in [0.4, 0.5) is 5.82 Å². The summed E-state index contributed by atoms with van der Waals surface area (Å²) in [7, 11) is 0. The van der Waals surface area contributed by atoms with Gasteiger partial charge in [0.2, 0.25) is 0 Å². The Balaban J connectivity index is 1.67. The first-order chi connectivity index (χ1) is 10.3. The molecule has 114 valence electrons. The molecule has 0 radical (unpaired) electrons. The van der Waals surface area contributed by atoms with E-state index in [1.165, 1.54) is 38.8 Å². The van der Waals surface area contributed by atoms with Crippen molar-refractivity contribution in [2.75, 3.05) is 31.5 Å². The van der Waals surface area contributed by atoms with Gasteiger partial charge in [-0.3, -0.25) is 0 Å². The van der Waals surface area contributed by atoms with Crippen LogP contribution in [0.3, 0.4) is 0 Å². The quantitative estimate of drug-likeness (QED) is 0.933. The molecule has 0 aromatic carbocycles. The van der Waals surface area contributed by atoms with Crippen LogP contribution in [0.5, 0.6) is 0 Å². The standard InChI is InChI=1S/C15H24N6/c1-12-13(2)19-15-17-11-18-21(15)14(12)16-7-10-20-8-5-3-4-6-9-20/h11,16H,3-10H2,1-2H3. The Morgan fingerprint density at radius 2 is 1.90 bits per heavy atom. The van der Waals surface area contributed by atoms with E-state index in [0.29, 0.717) is 5.78 Å². The molecule has 0 saturated carbocycles. The molecule has 0 amide bonds. The number of fused-ring (bicyclic) bond motifs is 1. The van der Waals surface area contributed by atoms with Gasteiger partial charge >= 0.3 is 0 Å². The molecule has 1 aliphatic heterocycles. The Morgan fingerprint density at radius 3 is 2.67 bits per heavy atom. The zero-order valence-corrected chi connectivity index (χ0v) is 13.0. The highest BCUT2D eigenvalue weighted by Gasteiger charge is 2.12. The molecule has 1 fully saturated rings. The van der Waals surface area contributed by atoms with Gasteiger partial charge in [0.15, 0.2) is 0 Å². The second-order valence-electron chi connectivity index (χ2n) is 5.83. The highest BCUT2D eigenvalue weighted by molar-refractivity contribution is 5.51. The van der Waals surface area contributed by atoms with Gasteiger partial charge in [0.05, 0.1) is 0 Å². The fourth-order valence-corrected chi connectivity index (χ4v) is 2.93. The first-order valence-electron chi connectivity index (χ1n) is 7.89. The molecular formula is C15H24N6. The van der Waals surface area contributed by atoms with Gasteiger partial charge in [-0.1, -0.05) is 12.8 Å². The van der Waals surface area contributed by atoms with Crippen LogP contribution in [0.2, 0.25) is 0 Å². The zero-order chi connectivity index (χ0) is 14.7. The van der Waals surface area contributed by atoms with E-state index in [1.54, 1.807) is 10.8 Å². The Kier molecular flexibility index (Phi) is 4.34. The maximum absolute atomic E-state index is 4.45. The number of anilines is 1. The van der Waals surface area contributed by atoms with Crippen molar-refractivity contribution >= 4 is 11.6 Å². The summed E-state index contributed by atoms with van der Waals surface area (Å²) in [5.74, 6) is 1.68. The summed E-state index contributed by atoms with van der Waals surface area (Å²) in [6.45, 7) is 8.57. The van der Waals surface area contributed by atoms with E-state index < -0.39 is 0 Å². The first kappa shape index (κ1) is 14.3. The van der Waals surface area contributed by atoms with Crippen molar-refractivity contribution in [3.8, 4) is 0 Å². The summed E-state index contributed by atoms with van der Waals surface area (Å²) in [6.07, 6.45) is 6.99. The van der Waals surface area contributed by atoms with Crippen molar-refractivity contribution in [3.63, 3.8) is 0 Å². The minimum absolute atomic E-state index is 0.662. The second kappa shape index (κ2) is 6.39. The molecule has 6 heteroatoms. The molecule has 3 rings (SSSR count). The minimum atomic E-state index is 0.662. The maximum Gasteiger partial charge on any atom is 0.254 e. The lowest BCUT2D eigenvalue weighted by Gasteiger charge is -2.20. The maximum atomic E-state index is 4.45. The number of rotatable bonds is 4. The van der Waals surface area contributed by atoms with Crippen LogP contribution in [0.1, 0.15) is 36.9 Å². The average Bonchev–Trinajstić information content (AvgIpc) is 2.78. The van der Waals surface area contributed by atoms with Crippen LogP contribution in [-0.4, -0.2) is 50.7 Å². The molecule has 0 unspecified atom stereocenters. The van der Waals surface area contributed by atoms with E-state index in [4.69, 9.17) is 0 Å². The molecule has 0 atom stereocenters. The van der Waals surface area contributed by atoms with Gasteiger partial charge in [0.1, 0.15) is 12.1 Å². The van der Waals surface area contributed by atoms with Crippen molar-refractivity contribution in [3.05, 3.63) is 17.6 Å². The number of likely N-dealkylation sites (tertiary alicyclic amines) is 1. The van der Waals surface area contributed by atoms with Gasteiger partial charge in [0, 0.05) is 24.3 Å². The molecule has 0 spiro atoms. The highest BCUT2D eigenvalue weighted by atomic mass is 15.4. The van der Waals surface area contributed by atoms with Gasteiger partial charge in [-0.2, -0.15) is 14.6 Å². The Hall–Kier alpha value is -1.69. The van der Waals surface area contributed by atoms with Crippen LogP contribution >= 0.6 is 0 Å². The molecular weight excluding hydrogens is 264 g/mol. The lowest BCUT2D eigenvalue weighted by atomic mass is 10.2. The van der Waals surface area contributed by atoms with E-state index in [2.05, 4.69) is 32.2 Å². The van der Waals surface area contributed by atoms with Gasteiger partial charge in [-0.25, -0.2) is 4.98 Å². The molecule has 3 heterocycles. The van der Waals surface area contributed by atoms with Gasteiger partial charge < -0.3 is 10.2 Å². The summed E-state index contributed by atoms with van der Waals surface area (Å²) in [5.41, 5.74) is 2.15. The average molecular weight is 288 g/mol. The van der Waals surface area contributed by atoms with Gasteiger partial charge in [-0.05, 0) is 39.8 Å². The van der Waals surface area contributed by atoms with E-state index in [9.17, 15) is 0 Å². The van der Waals surface area contributed by atoms with Crippen LogP contribution in [0, 0.1) is 13.8 Å². The second-order valence-corrected chi connectivity index (χ2v) is 5.83. The van der Waals surface area contributed by atoms with E-state index in [1.807, 2.05) is 6.92 Å². The summed E-state index contributed by atoms with van der Waals surface area (Å²) in [6, 6.07) is 0. The topological polar surface area (TPSA) is 58.4 Å². The third-order valence-corrected chi connectivity index (χ3v) is 4.33. The van der Waals surface area contributed by atoms with Gasteiger partial charge in [0.25, 0.3) is 5.78 Å². The van der Waals surface area contributed by atoms with Crippen LogP contribution in [0.15, 0.2) is 6.33 Å². The molecule has 21 heavy (non-hydrogen) atoms. The van der Waals surface area contributed by atoms with Crippen LogP contribution < -0.4 is 5.32 Å². The predicted molar refractivity (Wildman–Crippen MR) is 83.7 cm³/mol. The zero-order valence-electron chi connectivity index (χ0n) is 13.0. The lowest BCUT2D eigenvalue weighted by Crippen LogP contribution is -2.30. The Bertz CT molecular complexity index is 597. The SMILES string of the molecule is Cc1nc2ncnn2c(NCCN2CCCCCC2)c1C. The number of hydrogen-bond acceptors (Lipinski definition) is 5. The largest absolute Gasteiger partial charge is 0.368 e. The third-order valence-electron chi connectivity index (χ3n) is 4.33. The van der Waals surface area contributed by atoms with Crippen molar-refractivity contribution in [1.82, 2.24) is 24.5 Å². The number of nitrogens with zero attached hydrogens (tertiary/aromatic N) is 5. The van der Waals surface area contributed by atoms with Crippen molar-refractivity contribution < 1.29 is 0 Å². The molecule has 0 aliphatic carbocycles. The lowest BCUT2D eigenvalue weighted by molar-refractivity contribution is 0.296. The van der Waals surface area contributed by atoms with E-state index >= 15 is 0 Å². The van der Waals surface area contributed by atoms with Crippen molar-refractivity contribution in [1.29, 1.82) is 0 Å². The molecule has 1 N–H and O–H groups in total. The Morgan fingerprint density at radius 1 is 1.14 bits per heavy atom. The monoisotopic (exact) mass is 288 g/mol. The molecule has 0 bridgehead atoms. The fraction of sp³-hybridized carbons (Fsp3) is 0.667.